The second kappa shape index (κ2) is 7.97. The first-order valence-electron chi connectivity index (χ1n) is 10.3. The summed E-state index contributed by atoms with van der Waals surface area (Å²) in [5, 5.41) is 10.3. The van der Waals surface area contributed by atoms with Gasteiger partial charge in [-0.25, -0.2) is 4.68 Å². The Bertz CT molecular complexity index is 1300. The van der Waals surface area contributed by atoms with Gasteiger partial charge in [0, 0.05) is 24.1 Å². The molecule has 1 aromatic heterocycles. The van der Waals surface area contributed by atoms with Crippen molar-refractivity contribution in [1.29, 1.82) is 0 Å². The van der Waals surface area contributed by atoms with Crippen LogP contribution in [0.4, 0.5) is 0 Å². The number of methoxy groups -OCH3 is 1. The number of ether oxygens (including phenoxy) is 1. The van der Waals surface area contributed by atoms with E-state index in [4.69, 9.17) is 4.74 Å². The highest BCUT2D eigenvalue weighted by Gasteiger charge is 2.39. The van der Waals surface area contributed by atoms with Gasteiger partial charge in [0.1, 0.15) is 11.8 Å². The van der Waals surface area contributed by atoms with Crippen LogP contribution >= 0.6 is 0 Å². The molecule has 1 atom stereocenters. The van der Waals surface area contributed by atoms with Crippen LogP contribution in [0.1, 0.15) is 44.8 Å². The number of benzene rings is 2. The average Bonchev–Trinajstić information content (AvgIpc) is 3.44. The van der Waals surface area contributed by atoms with Crippen molar-refractivity contribution in [2.75, 3.05) is 7.11 Å². The monoisotopic (exact) mass is 445 g/mol. The van der Waals surface area contributed by atoms with E-state index in [1.807, 2.05) is 0 Å². The van der Waals surface area contributed by atoms with Crippen LogP contribution < -0.4 is 10.1 Å². The second-order valence-electron chi connectivity index (χ2n) is 7.85. The van der Waals surface area contributed by atoms with Crippen molar-refractivity contribution in [2.45, 2.75) is 25.4 Å². The highest BCUT2D eigenvalue weighted by molar-refractivity contribution is 6.07. The minimum absolute atomic E-state index is 0.164. The third-order valence-corrected chi connectivity index (χ3v) is 5.85. The molecule has 10 nitrogen and oxygen atoms in total. The van der Waals surface area contributed by atoms with Crippen molar-refractivity contribution >= 4 is 23.5 Å². The van der Waals surface area contributed by atoms with Gasteiger partial charge >= 0.3 is 0 Å². The predicted molar refractivity (Wildman–Crippen MR) is 114 cm³/mol. The molecule has 0 saturated carbocycles. The lowest BCUT2D eigenvalue weighted by atomic mass is 10.0. The molecule has 2 aromatic carbocycles. The molecular weight excluding hydrogens is 426 g/mol. The topological polar surface area (TPSA) is 123 Å². The summed E-state index contributed by atoms with van der Waals surface area (Å²) in [7, 11) is 1.55. The van der Waals surface area contributed by atoms with Gasteiger partial charge in [-0.15, -0.1) is 5.10 Å². The number of ketones is 1. The molecule has 33 heavy (non-hydrogen) atoms. The number of fused-ring (bicyclic) bond motifs is 1. The average molecular weight is 445 g/mol. The molecular formula is C23H19N5O5. The summed E-state index contributed by atoms with van der Waals surface area (Å²) >= 11 is 0. The quantitative estimate of drug-likeness (QED) is 0.463. The van der Waals surface area contributed by atoms with Gasteiger partial charge < -0.3 is 9.64 Å². The SMILES string of the molecule is COc1ccc(C(=O)c2cn(-c3ccc4c(c3)C(=O)N(C3CCC(=O)NC3=O)C4)nn2)cc1. The Labute approximate surface area is 188 Å². The Kier molecular flexibility index (Phi) is 4.97. The van der Waals surface area contributed by atoms with Gasteiger partial charge in [0.25, 0.3) is 5.91 Å². The van der Waals surface area contributed by atoms with E-state index in [1.165, 1.54) is 15.8 Å². The van der Waals surface area contributed by atoms with E-state index >= 15 is 0 Å². The standard InChI is InChI=1S/C23H19N5O5/c1-33-16-6-3-13(4-7-16)21(30)18-12-28(26-25-18)15-5-2-14-11-27(23(32)17(14)10-15)19-8-9-20(29)24-22(19)31/h2-7,10,12,19H,8-9,11H2,1H3,(H,24,29,31). The van der Waals surface area contributed by atoms with Crippen LogP contribution in [0.5, 0.6) is 5.75 Å². The summed E-state index contributed by atoms with van der Waals surface area (Å²) in [5.41, 5.74) is 2.41. The molecule has 5 rings (SSSR count). The van der Waals surface area contributed by atoms with Crippen molar-refractivity contribution in [3.8, 4) is 11.4 Å². The van der Waals surface area contributed by atoms with E-state index in [-0.39, 0.29) is 29.7 Å². The van der Waals surface area contributed by atoms with E-state index in [2.05, 4.69) is 15.6 Å². The number of hydrogen-bond acceptors (Lipinski definition) is 7. The van der Waals surface area contributed by atoms with E-state index in [9.17, 15) is 19.2 Å². The predicted octanol–water partition coefficient (Wildman–Crippen LogP) is 1.27. The fourth-order valence-electron chi connectivity index (χ4n) is 4.07. The van der Waals surface area contributed by atoms with E-state index in [0.717, 1.165) is 5.56 Å². The lowest BCUT2D eigenvalue weighted by molar-refractivity contribution is -0.136. The maximum atomic E-state index is 13.0. The number of carbonyl (C=O) groups excluding carboxylic acids is 4. The number of amides is 3. The number of imide groups is 1. The maximum Gasteiger partial charge on any atom is 0.255 e. The molecule has 0 aliphatic carbocycles. The Morgan fingerprint density at radius 3 is 2.64 bits per heavy atom. The van der Waals surface area contributed by atoms with Gasteiger partial charge in [-0.2, -0.15) is 0 Å². The van der Waals surface area contributed by atoms with Gasteiger partial charge in [0.2, 0.25) is 17.6 Å². The molecule has 0 spiro atoms. The number of aromatic nitrogens is 3. The first-order chi connectivity index (χ1) is 15.9. The molecule has 3 amide bonds. The zero-order chi connectivity index (χ0) is 23.1. The minimum Gasteiger partial charge on any atom is -0.497 e. The van der Waals surface area contributed by atoms with Crippen molar-refractivity contribution in [3.05, 3.63) is 71.0 Å². The van der Waals surface area contributed by atoms with Gasteiger partial charge in [-0.05, 0) is 48.4 Å². The van der Waals surface area contributed by atoms with Crippen molar-refractivity contribution < 1.29 is 23.9 Å². The number of carbonyl (C=O) groups is 4. The van der Waals surface area contributed by atoms with E-state index in [1.54, 1.807) is 49.6 Å². The molecule has 1 fully saturated rings. The zero-order valence-corrected chi connectivity index (χ0v) is 17.6. The van der Waals surface area contributed by atoms with Crippen LogP contribution in [0.2, 0.25) is 0 Å². The van der Waals surface area contributed by atoms with Crippen LogP contribution in [0.15, 0.2) is 48.7 Å². The lowest BCUT2D eigenvalue weighted by Crippen LogP contribution is -2.52. The second-order valence-corrected chi connectivity index (χ2v) is 7.85. The first-order valence-corrected chi connectivity index (χ1v) is 10.3. The number of hydrogen-bond donors (Lipinski definition) is 1. The largest absolute Gasteiger partial charge is 0.497 e. The molecule has 166 valence electrons. The van der Waals surface area contributed by atoms with Crippen LogP contribution in [0, 0.1) is 0 Å². The van der Waals surface area contributed by atoms with Crippen LogP contribution in [-0.4, -0.2) is 56.6 Å². The molecule has 3 aromatic rings. The summed E-state index contributed by atoms with van der Waals surface area (Å²) in [4.78, 5) is 50.8. The molecule has 10 heteroatoms. The maximum absolute atomic E-state index is 13.0. The summed E-state index contributed by atoms with van der Waals surface area (Å²) in [5.74, 6) is -0.704. The summed E-state index contributed by atoms with van der Waals surface area (Å²) in [6.45, 7) is 0.291. The number of rotatable bonds is 5. The number of piperidine rings is 1. The van der Waals surface area contributed by atoms with E-state index in [0.29, 0.717) is 35.5 Å². The van der Waals surface area contributed by atoms with Gasteiger partial charge in [-0.3, -0.25) is 24.5 Å². The van der Waals surface area contributed by atoms with Crippen molar-refractivity contribution in [3.63, 3.8) is 0 Å². The Morgan fingerprint density at radius 1 is 1.12 bits per heavy atom. The number of nitrogens with zero attached hydrogens (tertiary/aromatic N) is 4. The fourth-order valence-corrected chi connectivity index (χ4v) is 4.07. The molecule has 0 bridgehead atoms. The molecule has 2 aliphatic rings. The zero-order valence-electron chi connectivity index (χ0n) is 17.6. The van der Waals surface area contributed by atoms with Gasteiger partial charge in [-0.1, -0.05) is 11.3 Å². The summed E-state index contributed by atoms with van der Waals surface area (Å²) < 4.78 is 6.54. The normalized spacial score (nSPS) is 17.7. The Hall–Kier alpha value is -4.34. The van der Waals surface area contributed by atoms with Crippen molar-refractivity contribution in [2.24, 2.45) is 0 Å². The third kappa shape index (κ3) is 3.65. The van der Waals surface area contributed by atoms with Crippen LogP contribution in [-0.2, 0) is 16.1 Å². The van der Waals surface area contributed by atoms with E-state index < -0.39 is 11.9 Å². The minimum atomic E-state index is -0.675. The number of nitrogens with one attached hydrogen (secondary N) is 1. The van der Waals surface area contributed by atoms with Gasteiger partial charge in [0.15, 0.2) is 5.69 Å². The van der Waals surface area contributed by atoms with Crippen LogP contribution in [0.3, 0.4) is 0 Å². The molecule has 1 unspecified atom stereocenters. The van der Waals surface area contributed by atoms with Crippen LogP contribution in [0.25, 0.3) is 5.69 Å². The lowest BCUT2D eigenvalue weighted by Gasteiger charge is -2.29. The summed E-state index contributed by atoms with van der Waals surface area (Å²) in [6, 6.07) is 11.2. The highest BCUT2D eigenvalue weighted by Crippen LogP contribution is 2.29. The summed E-state index contributed by atoms with van der Waals surface area (Å²) in [6.07, 6.45) is 2.01. The highest BCUT2D eigenvalue weighted by atomic mass is 16.5. The molecule has 2 aliphatic heterocycles. The molecule has 0 radical (unpaired) electrons. The third-order valence-electron chi connectivity index (χ3n) is 5.85. The Morgan fingerprint density at radius 2 is 1.91 bits per heavy atom. The molecule has 1 saturated heterocycles. The molecule has 3 heterocycles. The molecule has 1 N–H and O–H groups in total. The van der Waals surface area contributed by atoms with Gasteiger partial charge in [0.05, 0.1) is 19.0 Å². The fraction of sp³-hybridized carbons (Fsp3) is 0.217. The Balaban J connectivity index is 1.37. The first kappa shape index (κ1) is 20.6. The van der Waals surface area contributed by atoms with Crippen molar-refractivity contribution in [1.82, 2.24) is 25.2 Å². The smallest absolute Gasteiger partial charge is 0.255 e.